The molecule has 1 heteroatoms. The normalized spacial score (nSPS) is 12.9. The summed E-state index contributed by atoms with van der Waals surface area (Å²) in [6.07, 6.45) is 2.14. The third-order valence-corrected chi connectivity index (χ3v) is 14.4. The van der Waals surface area contributed by atoms with Gasteiger partial charge in [-0.15, -0.1) is 0 Å². The van der Waals surface area contributed by atoms with E-state index in [1.807, 2.05) is 0 Å². The van der Waals surface area contributed by atoms with E-state index in [9.17, 15) is 0 Å². The topological polar surface area (TPSA) is 0 Å². The summed E-state index contributed by atoms with van der Waals surface area (Å²) in [5.74, 6) is 0. The van der Waals surface area contributed by atoms with E-state index >= 15 is 0 Å². The predicted octanol–water partition coefficient (Wildman–Crippen LogP) is 4.83. The molecule has 0 amide bonds. The second-order valence-corrected chi connectivity index (χ2v) is 15.1. The summed E-state index contributed by atoms with van der Waals surface area (Å²) in [7, 11) is 0. The number of benzene rings is 4. The second-order valence-electron chi connectivity index (χ2n) is 7.81. The minimum atomic E-state index is -2.41. The Kier molecular flexibility index (Phi) is 3.74. The van der Waals surface area contributed by atoms with Crippen LogP contribution in [0.5, 0.6) is 0 Å². The SMILES string of the molecule is [CH2]=[Hf]([c]1cccc2c1Cc1ccccc1-2)[c]1cccc2c1Cc1ccccc1-2. The molecule has 4 aromatic rings. The Morgan fingerprint density at radius 3 is 1.43 bits per heavy atom. The van der Waals surface area contributed by atoms with Crippen molar-refractivity contribution in [2.75, 3.05) is 0 Å². The maximum atomic E-state index is 4.87. The molecule has 0 N–H and O–H groups in total. The molecule has 2 aliphatic rings. The standard InChI is InChI=1S/2C13H9.CH2.Hf/c2*1-3-7-12-10(5-1)9-11-6-2-4-8-13(11)12;;/h2*1-5,7-8H,9H2;1H2;. The Morgan fingerprint density at radius 1 is 0.500 bits per heavy atom. The van der Waals surface area contributed by atoms with E-state index in [0.29, 0.717) is 0 Å². The summed E-state index contributed by atoms with van der Waals surface area (Å²) < 4.78 is 8.04. The molecule has 0 aliphatic heterocycles. The fourth-order valence-electron chi connectivity index (χ4n) is 5.03. The van der Waals surface area contributed by atoms with Crippen molar-refractivity contribution in [3.8, 4) is 22.3 Å². The van der Waals surface area contributed by atoms with Crippen molar-refractivity contribution in [2.24, 2.45) is 0 Å². The predicted molar refractivity (Wildman–Crippen MR) is 116 cm³/mol. The maximum absolute atomic E-state index is 4.87. The van der Waals surface area contributed by atoms with Gasteiger partial charge in [0.15, 0.2) is 0 Å². The molecule has 0 saturated heterocycles. The van der Waals surface area contributed by atoms with Crippen LogP contribution < -0.4 is 6.64 Å². The van der Waals surface area contributed by atoms with Crippen LogP contribution in [0.3, 0.4) is 0 Å². The van der Waals surface area contributed by atoms with Crippen molar-refractivity contribution in [3.63, 3.8) is 0 Å². The van der Waals surface area contributed by atoms with Crippen LogP contribution in [0.15, 0.2) is 84.9 Å². The van der Waals surface area contributed by atoms with Gasteiger partial charge < -0.3 is 0 Å². The van der Waals surface area contributed by atoms with Crippen LogP contribution in [0, 0.1) is 0 Å². The van der Waals surface area contributed by atoms with Crippen LogP contribution in [-0.4, -0.2) is 4.26 Å². The zero-order valence-electron chi connectivity index (χ0n) is 15.7. The molecule has 28 heavy (non-hydrogen) atoms. The first-order chi connectivity index (χ1) is 13.8. The van der Waals surface area contributed by atoms with Crippen molar-refractivity contribution in [1.29, 1.82) is 0 Å². The van der Waals surface area contributed by atoms with E-state index < -0.39 is 21.0 Å². The quantitative estimate of drug-likeness (QED) is 0.286. The molecule has 0 fully saturated rings. The zero-order chi connectivity index (χ0) is 18.7. The molecule has 0 heterocycles. The molecule has 0 spiro atoms. The minimum absolute atomic E-state index is 1.07. The zero-order valence-corrected chi connectivity index (χ0v) is 19.3. The van der Waals surface area contributed by atoms with Crippen molar-refractivity contribution in [1.82, 2.24) is 0 Å². The summed E-state index contributed by atoms with van der Waals surface area (Å²) in [5, 5.41) is 0. The molecule has 132 valence electrons. The molecule has 0 nitrogen and oxygen atoms in total. The molecule has 0 atom stereocenters. The van der Waals surface area contributed by atoms with Gasteiger partial charge in [-0.05, 0) is 0 Å². The summed E-state index contributed by atoms with van der Waals surface area (Å²) in [4.78, 5) is 0. The van der Waals surface area contributed by atoms with Gasteiger partial charge in [-0.25, -0.2) is 0 Å². The van der Waals surface area contributed by atoms with Crippen molar-refractivity contribution in [2.45, 2.75) is 12.8 Å². The first kappa shape index (κ1) is 16.6. The molecule has 0 saturated carbocycles. The molecule has 0 unspecified atom stereocenters. The van der Waals surface area contributed by atoms with Crippen LogP contribution in [0.1, 0.15) is 22.3 Å². The van der Waals surface area contributed by atoms with Crippen molar-refractivity contribution >= 4 is 10.9 Å². The molecule has 0 aromatic heterocycles. The second kappa shape index (κ2) is 6.32. The first-order valence-electron chi connectivity index (χ1n) is 9.91. The van der Waals surface area contributed by atoms with Gasteiger partial charge in [0.25, 0.3) is 0 Å². The van der Waals surface area contributed by atoms with Gasteiger partial charge >= 0.3 is 174 Å². The van der Waals surface area contributed by atoms with Crippen LogP contribution in [0.4, 0.5) is 0 Å². The van der Waals surface area contributed by atoms with Crippen molar-refractivity contribution < 1.29 is 21.0 Å². The van der Waals surface area contributed by atoms with E-state index in [4.69, 9.17) is 4.26 Å². The van der Waals surface area contributed by atoms with E-state index in [1.54, 1.807) is 17.8 Å². The molecule has 4 aromatic carbocycles. The molecule has 2 aliphatic carbocycles. The molecular weight excluding hydrogens is 503 g/mol. The molecule has 6 rings (SSSR count). The van der Waals surface area contributed by atoms with Crippen LogP contribution in [-0.2, 0) is 33.8 Å². The van der Waals surface area contributed by atoms with Gasteiger partial charge in [0.05, 0.1) is 0 Å². The van der Waals surface area contributed by atoms with Crippen molar-refractivity contribution in [3.05, 3.63) is 107 Å². The van der Waals surface area contributed by atoms with Gasteiger partial charge in [-0.2, -0.15) is 0 Å². The summed E-state index contributed by atoms with van der Waals surface area (Å²) >= 11 is -2.41. The molecular formula is C27H20Hf. The Bertz CT molecular complexity index is 1180. The van der Waals surface area contributed by atoms with Crippen LogP contribution in [0.25, 0.3) is 22.3 Å². The van der Waals surface area contributed by atoms with Crippen LogP contribution in [0.2, 0.25) is 0 Å². The Morgan fingerprint density at radius 2 is 0.929 bits per heavy atom. The van der Waals surface area contributed by atoms with E-state index in [-0.39, 0.29) is 0 Å². The fraction of sp³-hybridized carbons (Fsp3) is 0.0741. The number of rotatable bonds is 2. The van der Waals surface area contributed by atoms with Gasteiger partial charge in [0, 0.05) is 0 Å². The third kappa shape index (κ3) is 2.36. The monoisotopic (exact) mass is 524 g/mol. The number of fused-ring (bicyclic) bond motifs is 6. The van der Waals surface area contributed by atoms with Gasteiger partial charge in [0.1, 0.15) is 0 Å². The fourth-order valence-corrected chi connectivity index (χ4v) is 12.4. The average molecular weight is 523 g/mol. The molecule has 0 radical (unpaired) electrons. The van der Waals surface area contributed by atoms with E-state index in [1.165, 1.54) is 33.4 Å². The third-order valence-electron chi connectivity index (χ3n) is 6.35. The van der Waals surface area contributed by atoms with Gasteiger partial charge in [-0.3, -0.25) is 0 Å². The summed E-state index contributed by atoms with van der Waals surface area (Å²) in [5.41, 5.74) is 11.8. The van der Waals surface area contributed by atoms with Gasteiger partial charge in [0.2, 0.25) is 0 Å². The number of hydrogen-bond acceptors (Lipinski definition) is 0. The Labute approximate surface area is 173 Å². The van der Waals surface area contributed by atoms with E-state index in [0.717, 1.165) is 12.8 Å². The summed E-state index contributed by atoms with van der Waals surface area (Å²) in [6.45, 7) is 0. The van der Waals surface area contributed by atoms with Crippen LogP contribution >= 0.6 is 0 Å². The summed E-state index contributed by atoms with van der Waals surface area (Å²) in [6, 6.07) is 31.6. The molecule has 0 bridgehead atoms. The van der Waals surface area contributed by atoms with Gasteiger partial charge in [-0.1, -0.05) is 0 Å². The first-order valence-corrected chi connectivity index (χ1v) is 16.0. The van der Waals surface area contributed by atoms with E-state index in [2.05, 4.69) is 84.9 Å². The average Bonchev–Trinajstić information content (AvgIpc) is 3.31. The Hall–Kier alpha value is -2.38. The Balaban J connectivity index is 1.49. The number of hydrogen-bond donors (Lipinski definition) is 0.